The van der Waals surface area contributed by atoms with Crippen LogP contribution in [0.3, 0.4) is 0 Å². The quantitative estimate of drug-likeness (QED) is 0.751. The average molecular weight is 308 g/mol. The molecule has 0 unspecified atom stereocenters. The standard InChI is InChI=1S/C15H20N2O5/c1-4-22-15(20)8-7-14(19)17-12-9-11(16-10(2)18)5-6-13(12)21-3/h5-6,9H,4,7-8H2,1-3H3,(H,16,18)(H,17,19). The highest BCUT2D eigenvalue weighted by Gasteiger charge is 2.11. The Morgan fingerprint density at radius 3 is 2.45 bits per heavy atom. The first kappa shape index (κ1) is 17.5. The summed E-state index contributed by atoms with van der Waals surface area (Å²) in [7, 11) is 1.47. The second-order valence-corrected chi connectivity index (χ2v) is 4.45. The topological polar surface area (TPSA) is 93.7 Å². The number of benzene rings is 1. The largest absolute Gasteiger partial charge is 0.495 e. The number of carbonyl (C=O) groups is 3. The number of rotatable bonds is 7. The van der Waals surface area contributed by atoms with Crippen molar-refractivity contribution in [2.24, 2.45) is 0 Å². The first-order valence-corrected chi connectivity index (χ1v) is 6.87. The van der Waals surface area contributed by atoms with E-state index < -0.39 is 5.97 Å². The van der Waals surface area contributed by atoms with Crippen molar-refractivity contribution in [1.29, 1.82) is 0 Å². The molecule has 7 heteroatoms. The van der Waals surface area contributed by atoms with Gasteiger partial charge in [0.15, 0.2) is 0 Å². The highest BCUT2D eigenvalue weighted by Crippen LogP contribution is 2.28. The van der Waals surface area contributed by atoms with Gasteiger partial charge in [-0.1, -0.05) is 0 Å². The van der Waals surface area contributed by atoms with Gasteiger partial charge < -0.3 is 20.1 Å². The Morgan fingerprint density at radius 2 is 1.86 bits per heavy atom. The number of ether oxygens (including phenoxy) is 2. The van der Waals surface area contributed by atoms with Crippen LogP contribution < -0.4 is 15.4 Å². The number of anilines is 2. The molecule has 2 N–H and O–H groups in total. The third-order valence-electron chi connectivity index (χ3n) is 2.66. The van der Waals surface area contributed by atoms with Crippen molar-refractivity contribution in [3.05, 3.63) is 18.2 Å². The molecule has 0 aliphatic carbocycles. The molecule has 0 saturated heterocycles. The molecule has 0 atom stereocenters. The lowest BCUT2D eigenvalue weighted by molar-refractivity contribution is -0.144. The SMILES string of the molecule is CCOC(=O)CCC(=O)Nc1cc(NC(C)=O)ccc1OC. The van der Waals surface area contributed by atoms with Crippen LogP contribution in [0.2, 0.25) is 0 Å². The first-order valence-electron chi connectivity index (χ1n) is 6.87. The molecule has 0 fully saturated rings. The average Bonchev–Trinajstić information content (AvgIpc) is 2.45. The van der Waals surface area contributed by atoms with Gasteiger partial charge in [-0.05, 0) is 25.1 Å². The van der Waals surface area contributed by atoms with Crippen molar-refractivity contribution in [3.8, 4) is 5.75 Å². The van der Waals surface area contributed by atoms with Gasteiger partial charge in [-0.3, -0.25) is 14.4 Å². The predicted octanol–water partition coefficient (Wildman–Crippen LogP) is 1.94. The van der Waals surface area contributed by atoms with Crippen LogP contribution in [0, 0.1) is 0 Å². The fraction of sp³-hybridized carbons (Fsp3) is 0.400. The third-order valence-corrected chi connectivity index (χ3v) is 2.66. The van der Waals surface area contributed by atoms with E-state index in [9.17, 15) is 14.4 Å². The van der Waals surface area contributed by atoms with E-state index in [0.717, 1.165) is 0 Å². The fourth-order valence-electron chi connectivity index (χ4n) is 1.75. The van der Waals surface area contributed by atoms with Gasteiger partial charge in [0.05, 0.1) is 25.8 Å². The van der Waals surface area contributed by atoms with Gasteiger partial charge in [-0.2, -0.15) is 0 Å². The monoisotopic (exact) mass is 308 g/mol. The summed E-state index contributed by atoms with van der Waals surface area (Å²) < 4.78 is 9.91. The molecule has 0 bridgehead atoms. The fourth-order valence-corrected chi connectivity index (χ4v) is 1.75. The molecule has 0 aliphatic rings. The van der Waals surface area contributed by atoms with E-state index >= 15 is 0 Å². The predicted molar refractivity (Wildman–Crippen MR) is 81.8 cm³/mol. The van der Waals surface area contributed by atoms with Gasteiger partial charge in [-0.15, -0.1) is 0 Å². The van der Waals surface area contributed by atoms with E-state index in [0.29, 0.717) is 17.1 Å². The van der Waals surface area contributed by atoms with Crippen LogP contribution in [-0.4, -0.2) is 31.5 Å². The first-order chi connectivity index (χ1) is 10.5. The van der Waals surface area contributed by atoms with Crippen LogP contribution in [0.15, 0.2) is 18.2 Å². The Morgan fingerprint density at radius 1 is 1.14 bits per heavy atom. The van der Waals surface area contributed by atoms with Crippen molar-refractivity contribution in [2.45, 2.75) is 26.7 Å². The van der Waals surface area contributed by atoms with Crippen molar-refractivity contribution >= 4 is 29.2 Å². The van der Waals surface area contributed by atoms with Crippen LogP contribution in [0.1, 0.15) is 26.7 Å². The number of methoxy groups -OCH3 is 1. The summed E-state index contributed by atoms with van der Waals surface area (Å²) in [6.07, 6.45) is 0.0136. The Bertz CT molecular complexity index is 557. The van der Waals surface area contributed by atoms with E-state index in [-0.39, 0.29) is 31.3 Å². The molecule has 2 amide bonds. The molecule has 0 radical (unpaired) electrons. The van der Waals surface area contributed by atoms with Crippen molar-refractivity contribution < 1.29 is 23.9 Å². The molecule has 1 aromatic carbocycles. The van der Waals surface area contributed by atoms with Gasteiger partial charge in [-0.25, -0.2) is 0 Å². The van der Waals surface area contributed by atoms with Crippen molar-refractivity contribution in [1.82, 2.24) is 0 Å². The summed E-state index contributed by atoms with van der Waals surface area (Å²) >= 11 is 0. The molecular weight excluding hydrogens is 288 g/mol. The minimum Gasteiger partial charge on any atom is -0.495 e. The summed E-state index contributed by atoms with van der Waals surface area (Å²) in [5.74, 6) is -0.522. The van der Waals surface area contributed by atoms with Gasteiger partial charge in [0, 0.05) is 19.0 Å². The molecule has 0 spiro atoms. The maximum absolute atomic E-state index is 11.9. The summed E-state index contributed by atoms with van der Waals surface area (Å²) in [6.45, 7) is 3.38. The van der Waals surface area contributed by atoms with Crippen LogP contribution >= 0.6 is 0 Å². The van der Waals surface area contributed by atoms with E-state index in [1.807, 2.05) is 0 Å². The third kappa shape index (κ3) is 5.82. The van der Waals surface area contributed by atoms with Crippen LogP contribution in [0.4, 0.5) is 11.4 Å². The van der Waals surface area contributed by atoms with E-state index in [4.69, 9.17) is 9.47 Å². The minimum absolute atomic E-state index is 0.00630. The lowest BCUT2D eigenvalue weighted by Crippen LogP contribution is -2.15. The van der Waals surface area contributed by atoms with Gasteiger partial charge in [0.1, 0.15) is 5.75 Å². The van der Waals surface area contributed by atoms with Crippen LogP contribution in [0.25, 0.3) is 0 Å². The normalized spacial score (nSPS) is 9.77. The summed E-state index contributed by atoms with van der Waals surface area (Å²) in [5, 5.41) is 5.27. The second-order valence-electron chi connectivity index (χ2n) is 4.45. The molecule has 22 heavy (non-hydrogen) atoms. The number of hydrogen-bond donors (Lipinski definition) is 2. The number of esters is 1. The maximum atomic E-state index is 11.9. The van der Waals surface area contributed by atoms with E-state index in [1.165, 1.54) is 14.0 Å². The van der Waals surface area contributed by atoms with Gasteiger partial charge in [0.2, 0.25) is 11.8 Å². The smallest absolute Gasteiger partial charge is 0.306 e. The molecule has 7 nitrogen and oxygen atoms in total. The number of carbonyl (C=O) groups excluding carboxylic acids is 3. The Hall–Kier alpha value is -2.57. The zero-order chi connectivity index (χ0) is 16.5. The number of hydrogen-bond acceptors (Lipinski definition) is 5. The summed E-state index contributed by atoms with van der Waals surface area (Å²) in [4.78, 5) is 34.1. The van der Waals surface area contributed by atoms with Gasteiger partial charge in [0.25, 0.3) is 0 Å². The molecule has 1 aromatic rings. The van der Waals surface area contributed by atoms with Gasteiger partial charge >= 0.3 is 5.97 Å². The Labute approximate surface area is 129 Å². The van der Waals surface area contributed by atoms with Crippen LogP contribution in [0.5, 0.6) is 5.75 Å². The molecule has 0 saturated carbocycles. The second kappa shape index (κ2) is 8.66. The lowest BCUT2D eigenvalue weighted by atomic mass is 10.2. The molecule has 1 rings (SSSR count). The molecule has 0 aromatic heterocycles. The zero-order valence-corrected chi connectivity index (χ0v) is 12.9. The molecular formula is C15H20N2O5. The Kier molecular flexibility index (Phi) is 6.88. The highest BCUT2D eigenvalue weighted by atomic mass is 16.5. The van der Waals surface area contributed by atoms with Crippen molar-refractivity contribution in [3.63, 3.8) is 0 Å². The zero-order valence-electron chi connectivity index (χ0n) is 12.9. The number of amides is 2. The molecule has 0 aliphatic heterocycles. The summed E-state index contributed by atoms with van der Waals surface area (Å²) in [5.41, 5.74) is 0.955. The Balaban J connectivity index is 2.71. The molecule has 0 heterocycles. The van der Waals surface area contributed by atoms with E-state index in [1.54, 1.807) is 25.1 Å². The minimum atomic E-state index is -0.420. The van der Waals surface area contributed by atoms with Crippen molar-refractivity contribution in [2.75, 3.05) is 24.4 Å². The van der Waals surface area contributed by atoms with E-state index in [2.05, 4.69) is 10.6 Å². The summed E-state index contributed by atoms with van der Waals surface area (Å²) in [6, 6.07) is 4.88. The number of nitrogens with one attached hydrogen (secondary N) is 2. The lowest BCUT2D eigenvalue weighted by Gasteiger charge is -2.12. The molecule has 120 valence electrons. The highest BCUT2D eigenvalue weighted by molar-refractivity contribution is 5.96. The van der Waals surface area contributed by atoms with Crippen LogP contribution in [-0.2, 0) is 19.1 Å². The maximum Gasteiger partial charge on any atom is 0.306 e.